The van der Waals surface area contributed by atoms with Gasteiger partial charge in [0.25, 0.3) is 0 Å². The van der Waals surface area contributed by atoms with E-state index in [1.54, 1.807) is 48.5 Å². The molecule has 2 aromatic carbocycles. The maximum atomic E-state index is 12.0. The highest BCUT2D eigenvalue weighted by atomic mass is 16.5. The number of ether oxygens (including phenoxy) is 3. The monoisotopic (exact) mass is 420 g/mol. The number of rotatable bonds is 12. The predicted molar refractivity (Wildman–Crippen MR) is 112 cm³/mol. The summed E-state index contributed by atoms with van der Waals surface area (Å²) in [5, 5.41) is 17.0. The average molecular weight is 420 g/mol. The van der Waals surface area contributed by atoms with Crippen molar-refractivity contribution in [2.24, 2.45) is 0 Å². The Kier molecular flexibility index (Phi) is 10.1. The summed E-state index contributed by atoms with van der Waals surface area (Å²) in [6, 6.07) is 17.2. The molecule has 2 rings (SSSR count). The Morgan fingerprint density at radius 2 is 1.03 bits per heavy atom. The number of hydrogen-bond acceptors (Lipinski definition) is 7. The zero-order chi connectivity index (χ0) is 22.3. The van der Waals surface area contributed by atoms with Crippen molar-refractivity contribution in [3.05, 3.63) is 59.7 Å². The van der Waals surface area contributed by atoms with Gasteiger partial charge in [-0.25, -0.2) is 9.59 Å². The van der Waals surface area contributed by atoms with Crippen LogP contribution in [-0.4, -0.2) is 25.2 Å². The van der Waals surface area contributed by atoms with E-state index in [1.165, 1.54) is 0 Å². The van der Waals surface area contributed by atoms with E-state index in [9.17, 15) is 9.59 Å². The lowest BCUT2D eigenvalue weighted by atomic mass is 10.2. The molecule has 0 heterocycles. The molecule has 0 aliphatic heterocycles. The van der Waals surface area contributed by atoms with Crippen LogP contribution >= 0.6 is 0 Å². The fraction of sp³-hybridized carbons (Fsp3) is 0.333. The molecule has 0 saturated carbocycles. The molecule has 0 aliphatic rings. The number of benzene rings is 2. The van der Waals surface area contributed by atoms with E-state index in [0.717, 1.165) is 0 Å². The summed E-state index contributed by atoms with van der Waals surface area (Å²) in [4.78, 5) is 24.0. The minimum absolute atomic E-state index is 0.285. The van der Waals surface area contributed by atoms with Crippen molar-refractivity contribution in [3.63, 3.8) is 0 Å². The smallest absolute Gasteiger partial charge is 0.338 e. The first-order valence-electron chi connectivity index (χ1n) is 10.1. The average Bonchev–Trinajstić information content (AvgIpc) is 2.79. The van der Waals surface area contributed by atoms with E-state index >= 15 is 0 Å². The van der Waals surface area contributed by atoms with Crippen LogP contribution in [0.3, 0.4) is 0 Å². The van der Waals surface area contributed by atoms with Gasteiger partial charge in [-0.15, -0.1) is 0 Å². The van der Waals surface area contributed by atoms with Crippen molar-refractivity contribution in [1.29, 1.82) is 10.5 Å². The Labute approximate surface area is 181 Å². The van der Waals surface area contributed by atoms with Crippen molar-refractivity contribution in [3.8, 4) is 23.6 Å². The Bertz CT molecular complexity index is 847. The van der Waals surface area contributed by atoms with Crippen molar-refractivity contribution in [2.45, 2.75) is 38.5 Å². The molecule has 0 atom stereocenters. The maximum Gasteiger partial charge on any atom is 0.338 e. The molecule has 0 radical (unpaired) electrons. The third-order valence-electron chi connectivity index (χ3n) is 4.25. The molecule has 0 N–H and O–H groups in total. The fourth-order valence-electron chi connectivity index (χ4n) is 2.56. The van der Waals surface area contributed by atoms with Gasteiger partial charge in [-0.2, -0.15) is 10.5 Å². The molecule has 2 aromatic rings. The van der Waals surface area contributed by atoms with Gasteiger partial charge >= 0.3 is 11.9 Å². The summed E-state index contributed by atoms with van der Waals surface area (Å²) in [5.74, 6) is 0.245. The molecular weight excluding hydrogens is 396 g/mol. The molecule has 7 nitrogen and oxygen atoms in total. The van der Waals surface area contributed by atoms with Crippen LogP contribution < -0.4 is 4.74 Å². The molecule has 0 spiro atoms. The molecule has 31 heavy (non-hydrogen) atoms. The van der Waals surface area contributed by atoms with Gasteiger partial charge in [-0.05, 0) is 74.2 Å². The number of nitrogens with zero attached hydrogens (tertiary/aromatic N) is 2. The second-order valence-corrected chi connectivity index (χ2v) is 6.65. The highest BCUT2D eigenvalue weighted by Crippen LogP contribution is 2.22. The number of carbonyl (C=O) groups is 2. The lowest BCUT2D eigenvalue weighted by Crippen LogP contribution is -2.06. The second kappa shape index (κ2) is 13.4. The van der Waals surface area contributed by atoms with Crippen LogP contribution in [0.2, 0.25) is 0 Å². The van der Waals surface area contributed by atoms with Gasteiger partial charge in [-0.1, -0.05) is 0 Å². The Morgan fingerprint density at radius 1 is 0.645 bits per heavy atom. The molecule has 160 valence electrons. The van der Waals surface area contributed by atoms with Crippen LogP contribution in [0.25, 0.3) is 0 Å². The lowest BCUT2D eigenvalue weighted by molar-refractivity contribution is 0.0489. The largest absolute Gasteiger partial charge is 0.462 e. The quantitative estimate of drug-likeness (QED) is 0.344. The number of nitriles is 2. The highest BCUT2D eigenvalue weighted by Gasteiger charge is 2.09. The number of unbranched alkanes of at least 4 members (excludes halogenated alkanes) is 4. The van der Waals surface area contributed by atoms with E-state index in [1.807, 2.05) is 0 Å². The normalized spacial score (nSPS) is 9.87. The zero-order valence-corrected chi connectivity index (χ0v) is 17.2. The molecule has 0 fully saturated rings. The van der Waals surface area contributed by atoms with Crippen molar-refractivity contribution < 1.29 is 23.8 Å². The third kappa shape index (κ3) is 8.59. The Morgan fingerprint density at radius 3 is 1.39 bits per heavy atom. The minimum Gasteiger partial charge on any atom is -0.462 e. The topological polar surface area (TPSA) is 109 Å². The summed E-state index contributed by atoms with van der Waals surface area (Å²) in [5.41, 5.74) is 0.834. The van der Waals surface area contributed by atoms with Crippen LogP contribution in [0.5, 0.6) is 11.5 Å². The predicted octanol–water partition coefficient (Wildman–Crippen LogP) is 5.18. The lowest BCUT2D eigenvalue weighted by Gasteiger charge is -2.08. The third-order valence-corrected chi connectivity index (χ3v) is 4.25. The van der Waals surface area contributed by atoms with Gasteiger partial charge < -0.3 is 14.2 Å². The van der Waals surface area contributed by atoms with Gasteiger partial charge in [0, 0.05) is 12.8 Å². The minimum atomic E-state index is -0.418. The van der Waals surface area contributed by atoms with Crippen molar-refractivity contribution in [2.75, 3.05) is 13.2 Å². The van der Waals surface area contributed by atoms with Crippen LogP contribution in [0.1, 0.15) is 59.2 Å². The van der Waals surface area contributed by atoms with Gasteiger partial charge in [-0.3, -0.25) is 0 Å². The molecule has 0 unspecified atom stereocenters. The molecule has 0 amide bonds. The molecular formula is C24H24N2O5. The summed E-state index contributed by atoms with van der Waals surface area (Å²) >= 11 is 0. The second-order valence-electron chi connectivity index (χ2n) is 6.65. The van der Waals surface area contributed by atoms with E-state index in [0.29, 0.717) is 61.2 Å². The summed E-state index contributed by atoms with van der Waals surface area (Å²) in [7, 11) is 0. The Balaban J connectivity index is 1.79. The first kappa shape index (κ1) is 23.4. The van der Waals surface area contributed by atoms with Crippen molar-refractivity contribution in [1.82, 2.24) is 0 Å². The van der Waals surface area contributed by atoms with Crippen LogP contribution in [0.15, 0.2) is 48.5 Å². The van der Waals surface area contributed by atoms with Gasteiger partial charge in [0.2, 0.25) is 0 Å². The first-order chi connectivity index (χ1) is 15.1. The number of hydrogen-bond donors (Lipinski definition) is 0. The number of esters is 2. The SMILES string of the molecule is N#CCCCCOC(=O)c1ccc(Oc2ccc(C(=O)OCCCCC#N)cc2)cc1. The summed E-state index contributed by atoms with van der Waals surface area (Å²) in [6.07, 6.45) is 3.63. The molecule has 0 aromatic heterocycles. The first-order valence-corrected chi connectivity index (χ1v) is 10.1. The maximum absolute atomic E-state index is 12.0. The van der Waals surface area contributed by atoms with Crippen LogP contribution in [0, 0.1) is 22.7 Å². The van der Waals surface area contributed by atoms with E-state index in [4.69, 9.17) is 24.7 Å². The van der Waals surface area contributed by atoms with Gasteiger partial charge in [0.15, 0.2) is 0 Å². The standard InChI is InChI=1S/C24H24N2O5/c25-15-3-1-5-17-29-23(27)19-7-11-21(12-8-19)31-22-13-9-20(10-14-22)24(28)30-18-6-2-4-16-26/h7-14H,1-6,17-18H2. The van der Waals surface area contributed by atoms with Crippen LogP contribution in [-0.2, 0) is 9.47 Å². The highest BCUT2D eigenvalue weighted by molar-refractivity contribution is 5.90. The summed E-state index contributed by atoms with van der Waals surface area (Å²) in [6.45, 7) is 0.570. The zero-order valence-electron chi connectivity index (χ0n) is 17.2. The Hall–Kier alpha value is -3.84. The van der Waals surface area contributed by atoms with Crippen LogP contribution in [0.4, 0.5) is 0 Å². The fourth-order valence-corrected chi connectivity index (χ4v) is 2.56. The molecule has 0 bridgehead atoms. The van der Waals surface area contributed by atoms with Crippen molar-refractivity contribution >= 4 is 11.9 Å². The number of carbonyl (C=O) groups excluding carboxylic acids is 2. The van der Waals surface area contributed by atoms with E-state index < -0.39 is 11.9 Å². The van der Waals surface area contributed by atoms with Gasteiger partial charge in [0.05, 0.1) is 36.5 Å². The summed E-state index contributed by atoms with van der Waals surface area (Å²) < 4.78 is 16.1. The van der Waals surface area contributed by atoms with Gasteiger partial charge in [0.1, 0.15) is 11.5 Å². The molecule has 7 heteroatoms. The van der Waals surface area contributed by atoms with E-state index in [2.05, 4.69) is 12.1 Å². The molecule has 0 aliphatic carbocycles. The molecule has 0 saturated heterocycles. The van der Waals surface area contributed by atoms with E-state index in [-0.39, 0.29) is 13.2 Å².